The van der Waals surface area contributed by atoms with E-state index < -0.39 is 0 Å². The van der Waals surface area contributed by atoms with Gasteiger partial charge >= 0.3 is 0 Å². The van der Waals surface area contributed by atoms with E-state index in [1.807, 2.05) is 65.6 Å². The third kappa shape index (κ3) is 2.28. The maximum atomic E-state index is 13.0. The van der Waals surface area contributed by atoms with E-state index in [4.69, 9.17) is 0 Å². The highest BCUT2D eigenvalue weighted by molar-refractivity contribution is 6.11. The molecule has 0 fully saturated rings. The first-order chi connectivity index (χ1) is 13.1. The van der Waals surface area contributed by atoms with Gasteiger partial charge in [-0.1, -0.05) is 48.5 Å². The second kappa shape index (κ2) is 5.77. The minimum Gasteiger partial charge on any atom is -0.301 e. The monoisotopic (exact) mass is 356 g/mol. The second-order valence-electron chi connectivity index (χ2n) is 6.97. The summed E-state index contributed by atoms with van der Waals surface area (Å²) in [5, 5.41) is 11.0. The quantitative estimate of drug-likeness (QED) is 0.488. The Hall–Kier alpha value is -3.47. The van der Waals surface area contributed by atoms with Gasteiger partial charge in [0.2, 0.25) is 0 Å². The van der Waals surface area contributed by atoms with Crippen molar-refractivity contribution in [1.29, 1.82) is 0 Å². The first-order valence-corrected chi connectivity index (χ1v) is 8.91. The maximum absolute atomic E-state index is 13.0. The summed E-state index contributed by atoms with van der Waals surface area (Å²) in [6, 6.07) is 22.5. The number of carbonyl (C=O) groups is 1. The van der Waals surface area contributed by atoms with Crippen molar-refractivity contribution in [3.05, 3.63) is 105 Å². The summed E-state index contributed by atoms with van der Waals surface area (Å²) in [4.78, 5) is 25.5. The van der Waals surface area contributed by atoms with Crippen molar-refractivity contribution in [3.63, 3.8) is 0 Å². The maximum Gasteiger partial charge on any atom is 0.269 e. The van der Waals surface area contributed by atoms with Crippen LogP contribution >= 0.6 is 0 Å². The van der Waals surface area contributed by atoms with Crippen molar-refractivity contribution in [1.82, 2.24) is 0 Å². The van der Waals surface area contributed by atoms with Crippen molar-refractivity contribution >= 4 is 17.3 Å². The molecule has 0 aromatic heterocycles. The summed E-state index contributed by atoms with van der Waals surface area (Å²) in [6.07, 6.45) is 0.761. The minimum atomic E-state index is -0.383. The van der Waals surface area contributed by atoms with Gasteiger partial charge in [-0.15, -0.1) is 0 Å². The molecule has 0 radical (unpaired) electrons. The number of nitro benzene ring substituents is 1. The average molecular weight is 356 g/mol. The van der Waals surface area contributed by atoms with E-state index in [0.717, 1.165) is 34.4 Å². The molecule has 2 heterocycles. The Labute approximate surface area is 156 Å². The van der Waals surface area contributed by atoms with Gasteiger partial charge in [0, 0.05) is 29.3 Å². The standard InChI is InChI=1S/C22H16N2O3/c25-22-18-7-2-1-5-16(18)21-13-19(14-9-11-15(12-10-14)24(26)27)17-6-3-4-8-20(17)23(21)22/h1-12,19,21H,13H2/t19-,21+/m0/s1. The van der Waals surface area contributed by atoms with Crippen molar-refractivity contribution in [2.24, 2.45) is 0 Å². The number of hydrogen-bond donors (Lipinski definition) is 0. The summed E-state index contributed by atoms with van der Waals surface area (Å²) in [5.74, 6) is 0.132. The van der Waals surface area contributed by atoms with Crippen molar-refractivity contribution < 1.29 is 9.72 Å². The summed E-state index contributed by atoms with van der Waals surface area (Å²) >= 11 is 0. The Morgan fingerprint density at radius 1 is 0.889 bits per heavy atom. The number of para-hydroxylation sites is 1. The average Bonchev–Trinajstić information content (AvgIpc) is 3.00. The number of amides is 1. The van der Waals surface area contributed by atoms with Crippen molar-refractivity contribution in [3.8, 4) is 0 Å². The molecule has 0 bridgehead atoms. The van der Waals surface area contributed by atoms with Gasteiger partial charge in [-0.3, -0.25) is 14.9 Å². The number of rotatable bonds is 2. The Morgan fingerprint density at radius 2 is 1.56 bits per heavy atom. The Kier molecular flexibility index (Phi) is 3.37. The van der Waals surface area contributed by atoms with Crippen LogP contribution in [0.1, 0.15) is 45.4 Å². The summed E-state index contributed by atoms with van der Waals surface area (Å²) < 4.78 is 0. The van der Waals surface area contributed by atoms with Gasteiger partial charge < -0.3 is 4.90 Å². The molecule has 0 unspecified atom stereocenters. The number of benzene rings is 3. The topological polar surface area (TPSA) is 63.4 Å². The lowest BCUT2D eigenvalue weighted by molar-refractivity contribution is -0.384. The molecule has 3 aromatic rings. The molecule has 0 aliphatic carbocycles. The fourth-order valence-corrected chi connectivity index (χ4v) is 4.40. The van der Waals surface area contributed by atoms with E-state index in [1.165, 1.54) is 0 Å². The van der Waals surface area contributed by atoms with Gasteiger partial charge in [0.15, 0.2) is 0 Å². The van der Waals surface area contributed by atoms with E-state index >= 15 is 0 Å². The molecule has 0 saturated carbocycles. The van der Waals surface area contributed by atoms with E-state index in [2.05, 4.69) is 0 Å². The highest BCUT2D eigenvalue weighted by atomic mass is 16.6. The van der Waals surface area contributed by atoms with Gasteiger partial charge in [0.05, 0.1) is 11.0 Å². The Balaban J connectivity index is 1.65. The lowest BCUT2D eigenvalue weighted by atomic mass is 9.80. The molecule has 0 saturated heterocycles. The molecule has 132 valence electrons. The number of nitrogens with zero attached hydrogens (tertiary/aromatic N) is 2. The molecule has 1 amide bonds. The first-order valence-electron chi connectivity index (χ1n) is 8.91. The number of carbonyl (C=O) groups excluding carboxylic acids is 1. The van der Waals surface area contributed by atoms with Crippen LogP contribution in [-0.4, -0.2) is 10.8 Å². The van der Waals surface area contributed by atoms with Crippen LogP contribution in [0.15, 0.2) is 72.8 Å². The predicted molar refractivity (Wildman–Crippen MR) is 102 cm³/mol. The van der Waals surface area contributed by atoms with E-state index in [9.17, 15) is 14.9 Å². The van der Waals surface area contributed by atoms with Crippen LogP contribution < -0.4 is 4.90 Å². The van der Waals surface area contributed by atoms with Crippen LogP contribution in [0.25, 0.3) is 0 Å². The van der Waals surface area contributed by atoms with E-state index in [-0.39, 0.29) is 28.5 Å². The third-order valence-electron chi connectivity index (χ3n) is 5.62. The highest BCUT2D eigenvalue weighted by Crippen LogP contribution is 2.51. The van der Waals surface area contributed by atoms with Crippen LogP contribution in [0.3, 0.4) is 0 Å². The highest BCUT2D eigenvalue weighted by Gasteiger charge is 2.43. The number of non-ortho nitro benzene ring substituents is 1. The van der Waals surface area contributed by atoms with Crippen LogP contribution in [0.5, 0.6) is 0 Å². The molecule has 0 N–H and O–H groups in total. The Bertz CT molecular complexity index is 1070. The molecule has 27 heavy (non-hydrogen) atoms. The minimum absolute atomic E-state index is 0.0104. The summed E-state index contributed by atoms with van der Waals surface area (Å²) in [5.41, 5.74) is 4.96. The molecule has 2 aliphatic heterocycles. The molecule has 2 aliphatic rings. The lowest BCUT2D eigenvalue weighted by Crippen LogP contribution is -2.33. The van der Waals surface area contributed by atoms with Crippen LogP contribution in [0, 0.1) is 10.1 Å². The van der Waals surface area contributed by atoms with Gasteiger partial charge in [0.1, 0.15) is 0 Å². The molecule has 5 rings (SSSR count). The number of hydrogen-bond acceptors (Lipinski definition) is 3. The smallest absolute Gasteiger partial charge is 0.269 e. The lowest BCUT2D eigenvalue weighted by Gasteiger charge is -2.37. The first kappa shape index (κ1) is 15.8. The van der Waals surface area contributed by atoms with E-state index in [0.29, 0.717) is 0 Å². The van der Waals surface area contributed by atoms with E-state index in [1.54, 1.807) is 12.1 Å². The number of fused-ring (bicyclic) bond motifs is 5. The molecule has 2 atom stereocenters. The molecule has 0 spiro atoms. The normalized spacial score (nSPS) is 20.0. The van der Waals surface area contributed by atoms with Gasteiger partial charge in [0.25, 0.3) is 11.6 Å². The fraction of sp³-hybridized carbons (Fsp3) is 0.136. The van der Waals surface area contributed by atoms with Crippen LogP contribution in [0.4, 0.5) is 11.4 Å². The zero-order valence-corrected chi connectivity index (χ0v) is 14.4. The summed E-state index contributed by atoms with van der Waals surface area (Å²) in [6.45, 7) is 0. The zero-order valence-electron chi connectivity index (χ0n) is 14.4. The number of nitro groups is 1. The molecule has 5 nitrogen and oxygen atoms in total. The zero-order chi connectivity index (χ0) is 18.5. The van der Waals surface area contributed by atoms with Gasteiger partial charge in [-0.25, -0.2) is 0 Å². The molecular formula is C22H16N2O3. The molecular weight excluding hydrogens is 340 g/mol. The van der Waals surface area contributed by atoms with Crippen LogP contribution in [-0.2, 0) is 0 Å². The number of anilines is 1. The molecule has 3 aromatic carbocycles. The third-order valence-corrected chi connectivity index (χ3v) is 5.62. The largest absolute Gasteiger partial charge is 0.301 e. The van der Waals surface area contributed by atoms with Crippen molar-refractivity contribution in [2.75, 3.05) is 4.90 Å². The van der Waals surface area contributed by atoms with Gasteiger partial charge in [-0.05, 0) is 35.2 Å². The fourth-order valence-electron chi connectivity index (χ4n) is 4.40. The molecule has 5 heteroatoms. The Morgan fingerprint density at radius 3 is 2.30 bits per heavy atom. The van der Waals surface area contributed by atoms with Crippen molar-refractivity contribution in [2.45, 2.75) is 18.4 Å². The van der Waals surface area contributed by atoms with Gasteiger partial charge in [-0.2, -0.15) is 0 Å². The summed E-state index contributed by atoms with van der Waals surface area (Å²) in [7, 11) is 0. The second-order valence-corrected chi connectivity index (χ2v) is 6.97. The van der Waals surface area contributed by atoms with Crippen LogP contribution in [0.2, 0.25) is 0 Å². The SMILES string of the molecule is O=C1c2ccccc2[C@H]2C[C@@H](c3ccc([N+](=O)[O-])cc3)c3ccccc3N12. The predicted octanol–water partition coefficient (Wildman–Crippen LogP) is 4.83.